The van der Waals surface area contributed by atoms with Gasteiger partial charge in [-0.15, -0.1) is 0 Å². The zero-order valence-electron chi connectivity index (χ0n) is 9.00. The van der Waals surface area contributed by atoms with E-state index in [-0.39, 0.29) is 23.3 Å². The topological polar surface area (TPSA) is 58.6 Å². The summed E-state index contributed by atoms with van der Waals surface area (Å²) in [6.07, 6.45) is 0.873. The highest BCUT2D eigenvalue weighted by Gasteiger charge is 2.04. The van der Waals surface area contributed by atoms with Crippen molar-refractivity contribution in [2.75, 3.05) is 18.5 Å². The summed E-state index contributed by atoms with van der Waals surface area (Å²) in [5.41, 5.74) is 0.535. The van der Waals surface area contributed by atoms with E-state index in [1.54, 1.807) is 6.07 Å². The van der Waals surface area contributed by atoms with Gasteiger partial charge in [0.05, 0.1) is 5.02 Å². The van der Waals surface area contributed by atoms with Gasteiger partial charge in [-0.2, -0.15) is 0 Å². The molecule has 0 atom stereocenters. The van der Waals surface area contributed by atoms with Crippen molar-refractivity contribution in [1.82, 2.24) is 0 Å². The van der Waals surface area contributed by atoms with Gasteiger partial charge in [0, 0.05) is 12.3 Å². The number of hydrogen-bond acceptors (Lipinski definition) is 3. The van der Waals surface area contributed by atoms with Crippen molar-refractivity contribution in [2.45, 2.75) is 13.3 Å². The second kappa shape index (κ2) is 6.35. The first kappa shape index (κ1) is 12.8. The maximum absolute atomic E-state index is 11.3. The van der Waals surface area contributed by atoms with Crippen molar-refractivity contribution in [3.05, 3.63) is 23.2 Å². The Kier molecular flexibility index (Phi) is 5.08. The fraction of sp³-hybridized carbons (Fsp3) is 0.364. The summed E-state index contributed by atoms with van der Waals surface area (Å²) in [5.74, 6) is -0.253. The van der Waals surface area contributed by atoms with E-state index >= 15 is 0 Å². The molecule has 0 aliphatic rings. The molecule has 0 aromatic heterocycles. The minimum Gasteiger partial charge on any atom is -0.506 e. The molecule has 0 bridgehead atoms. The highest BCUT2D eigenvalue weighted by molar-refractivity contribution is 6.32. The lowest BCUT2D eigenvalue weighted by Crippen LogP contribution is -2.18. The second-order valence-corrected chi connectivity index (χ2v) is 3.67. The number of amides is 1. The SMILES string of the molecule is CCCOCC(=O)Nc1ccc(O)c(Cl)c1. The minimum absolute atomic E-state index is 0.0121. The van der Waals surface area contributed by atoms with E-state index in [4.69, 9.17) is 16.3 Å². The Balaban J connectivity index is 2.46. The van der Waals surface area contributed by atoms with Crippen LogP contribution in [-0.2, 0) is 9.53 Å². The molecule has 0 radical (unpaired) electrons. The monoisotopic (exact) mass is 243 g/mol. The lowest BCUT2D eigenvalue weighted by Gasteiger charge is -2.06. The van der Waals surface area contributed by atoms with Crippen molar-refractivity contribution in [2.24, 2.45) is 0 Å². The number of benzene rings is 1. The minimum atomic E-state index is -0.241. The molecule has 0 unspecified atom stereocenters. The molecule has 1 amide bonds. The van der Waals surface area contributed by atoms with E-state index in [9.17, 15) is 9.90 Å². The van der Waals surface area contributed by atoms with E-state index < -0.39 is 0 Å². The van der Waals surface area contributed by atoms with Crippen LogP contribution in [0.1, 0.15) is 13.3 Å². The number of nitrogens with one attached hydrogen (secondary N) is 1. The summed E-state index contributed by atoms with van der Waals surface area (Å²) in [6, 6.07) is 4.47. The van der Waals surface area contributed by atoms with Crippen LogP contribution in [0.3, 0.4) is 0 Å². The first-order valence-corrected chi connectivity index (χ1v) is 5.37. The molecule has 0 spiro atoms. The zero-order chi connectivity index (χ0) is 12.0. The van der Waals surface area contributed by atoms with Gasteiger partial charge in [-0.1, -0.05) is 18.5 Å². The quantitative estimate of drug-likeness (QED) is 0.617. The van der Waals surface area contributed by atoms with Crippen molar-refractivity contribution in [3.63, 3.8) is 0 Å². The Bertz CT molecular complexity index is 368. The molecular weight excluding hydrogens is 230 g/mol. The molecule has 5 heteroatoms. The summed E-state index contributed by atoms with van der Waals surface area (Å²) in [6.45, 7) is 2.55. The number of aromatic hydroxyl groups is 1. The number of carbonyl (C=O) groups is 1. The predicted octanol–water partition coefficient (Wildman–Crippen LogP) is 2.41. The van der Waals surface area contributed by atoms with Crippen molar-refractivity contribution in [3.8, 4) is 5.75 Å². The molecule has 4 nitrogen and oxygen atoms in total. The average Bonchev–Trinajstić information content (AvgIpc) is 2.24. The first-order valence-electron chi connectivity index (χ1n) is 4.99. The molecule has 0 saturated carbocycles. The smallest absolute Gasteiger partial charge is 0.250 e. The molecule has 1 rings (SSSR count). The maximum Gasteiger partial charge on any atom is 0.250 e. The molecule has 1 aromatic rings. The molecule has 0 aliphatic carbocycles. The number of phenols is 1. The average molecular weight is 244 g/mol. The van der Waals surface area contributed by atoms with Crippen LogP contribution < -0.4 is 5.32 Å². The van der Waals surface area contributed by atoms with Crippen LogP contribution in [-0.4, -0.2) is 24.2 Å². The number of carbonyl (C=O) groups excluding carboxylic acids is 1. The van der Waals surface area contributed by atoms with Crippen LogP contribution >= 0.6 is 11.6 Å². The van der Waals surface area contributed by atoms with Crippen LogP contribution in [0.25, 0.3) is 0 Å². The number of anilines is 1. The van der Waals surface area contributed by atoms with E-state index in [0.717, 1.165) is 6.42 Å². The van der Waals surface area contributed by atoms with Crippen LogP contribution in [0.2, 0.25) is 5.02 Å². The van der Waals surface area contributed by atoms with Gasteiger partial charge >= 0.3 is 0 Å². The third-order valence-electron chi connectivity index (χ3n) is 1.81. The second-order valence-electron chi connectivity index (χ2n) is 3.27. The molecule has 0 aliphatic heterocycles. The van der Waals surface area contributed by atoms with Crippen molar-refractivity contribution < 1.29 is 14.6 Å². The third kappa shape index (κ3) is 4.08. The summed E-state index contributed by atoms with van der Waals surface area (Å²) in [5, 5.41) is 12.0. The number of phenolic OH excluding ortho intramolecular Hbond substituents is 1. The normalized spacial score (nSPS) is 10.1. The number of ether oxygens (including phenoxy) is 1. The van der Waals surface area contributed by atoms with Crippen LogP contribution in [0.5, 0.6) is 5.75 Å². The first-order chi connectivity index (χ1) is 7.63. The Morgan fingerprint density at radius 3 is 2.94 bits per heavy atom. The largest absolute Gasteiger partial charge is 0.506 e. The Labute approximate surface area is 99.2 Å². The lowest BCUT2D eigenvalue weighted by molar-refractivity contribution is -0.120. The molecule has 0 heterocycles. The number of hydrogen-bond donors (Lipinski definition) is 2. The van der Waals surface area contributed by atoms with Gasteiger partial charge in [-0.25, -0.2) is 0 Å². The van der Waals surface area contributed by atoms with Crippen molar-refractivity contribution in [1.29, 1.82) is 0 Å². The van der Waals surface area contributed by atoms with Crippen LogP contribution in [0.15, 0.2) is 18.2 Å². The van der Waals surface area contributed by atoms with E-state index in [0.29, 0.717) is 12.3 Å². The molecule has 1 aromatic carbocycles. The van der Waals surface area contributed by atoms with E-state index in [2.05, 4.69) is 5.32 Å². The highest BCUT2D eigenvalue weighted by atomic mass is 35.5. The Hall–Kier alpha value is -1.26. The van der Waals surface area contributed by atoms with Gasteiger partial charge in [0.25, 0.3) is 0 Å². The fourth-order valence-corrected chi connectivity index (χ4v) is 1.27. The van der Waals surface area contributed by atoms with Gasteiger partial charge in [0.15, 0.2) is 0 Å². The van der Waals surface area contributed by atoms with Gasteiger partial charge in [0.1, 0.15) is 12.4 Å². The lowest BCUT2D eigenvalue weighted by atomic mass is 10.3. The Morgan fingerprint density at radius 1 is 1.56 bits per heavy atom. The number of halogens is 1. The van der Waals surface area contributed by atoms with Crippen molar-refractivity contribution >= 4 is 23.2 Å². The van der Waals surface area contributed by atoms with Gasteiger partial charge in [0.2, 0.25) is 5.91 Å². The molecule has 16 heavy (non-hydrogen) atoms. The molecule has 88 valence electrons. The molecular formula is C11H14ClNO3. The highest BCUT2D eigenvalue weighted by Crippen LogP contribution is 2.25. The fourth-order valence-electron chi connectivity index (χ4n) is 1.09. The maximum atomic E-state index is 11.3. The van der Waals surface area contributed by atoms with E-state index in [1.165, 1.54) is 12.1 Å². The third-order valence-corrected chi connectivity index (χ3v) is 2.12. The predicted molar refractivity (Wildman–Crippen MR) is 62.9 cm³/mol. The summed E-state index contributed by atoms with van der Waals surface area (Å²) < 4.78 is 5.08. The summed E-state index contributed by atoms with van der Waals surface area (Å²) >= 11 is 5.69. The number of rotatable bonds is 5. The standard InChI is InChI=1S/C11H14ClNO3/c1-2-5-16-7-11(15)13-8-3-4-10(14)9(12)6-8/h3-4,6,14H,2,5,7H2,1H3,(H,13,15). The summed E-state index contributed by atoms with van der Waals surface area (Å²) in [7, 11) is 0. The van der Waals surface area contributed by atoms with Crippen LogP contribution in [0.4, 0.5) is 5.69 Å². The van der Waals surface area contributed by atoms with Gasteiger partial charge in [-0.05, 0) is 24.6 Å². The van der Waals surface area contributed by atoms with E-state index in [1.807, 2.05) is 6.92 Å². The molecule has 0 fully saturated rings. The molecule has 2 N–H and O–H groups in total. The van der Waals surface area contributed by atoms with Gasteiger partial charge < -0.3 is 15.2 Å². The summed E-state index contributed by atoms with van der Waals surface area (Å²) in [4.78, 5) is 11.3. The Morgan fingerprint density at radius 2 is 2.31 bits per heavy atom. The molecule has 0 saturated heterocycles. The zero-order valence-corrected chi connectivity index (χ0v) is 9.75. The van der Waals surface area contributed by atoms with Crippen LogP contribution in [0, 0.1) is 0 Å². The van der Waals surface area contributed by atoms with Gasteiger partial charge in [-0.3, -0.25) is 4.79 Å².